The normalized spacial score (nSPS) is 32.5. The van der Waals surface area contributed by atoms with Crippen LogP contribution in [0.3, 0.4) is 0 Å². The Kier molecular flexibility index (Phi) is 6.75. The number of nitrogens with zero attached hydrogens (tertiary/aromatic N) is 1. The minimum Gasteiger partial charge on any atom is -0.461 e. The van der Waals surface area contributed by atoms with E-state index in [1.165, 1.54) is 10.7 Å². The molecule has 3 unspecified atom stereocenters. The Morgan fingerprint density at radius 3 is 2.62 bits per heavy atom. The number of hydrogen-bond acceptors (Lipinski definition) is 4. The van der Waals surface area contributed by atoms with Crippen molar-refractivity contribution >= 4 is 22.1 Å². The van der Waals surface area contributed by atoms with Gasteiger partial charge in [0, 0.05) is 6.54 Å². The zero-order valence-corrected chi connectivity index (χ0v) is 15.7. The topological polar surface area (TPSA) is 63.7 Å². The van der Waals surface area contributed by atoms with E-state index in [1.54, 1.807) is 0 Å². The summed E-state index contributed by atoms with van der Waals surface area (Å²) >= 11 is 0. The summed E-state index contributed by atoms with van der Waals surface area (Å²) in [5.74, 6) is 1.06. The van der Waals surface area contributed by atoms with Crippen LogP contribution in [0, 0.1) is 17.8 Å². The van der Waals surface area contributed by atoms with Crippen molar-refractivity contribution in [3.63, 3.8) is 0 Å². The van der Waals surface area contributed by atoms with Crippen molar-refractivity contribution in [2.24, 2.45) is 17.8 Å². The van der Waals surface area contributed by atoms with Crippen molar-refractivity contribution in [2.45, 2.75) is 65.0 Å². The van der Waals surface area contributed by atoms with E-state index in [0.29, 0.717) is 30.7 Å². The van der Waals surface area contributed by atoms with Crippen molar-refractivity contribution < 1.29 is 18.5 Å². The van der Waals surface area contributed by atoms with Crippen molar-refractivity contribution in [2.75, 3.05) is 6.54 Å². The Morgan fingerprint density at radius 2 is 2.00 bits per heavy atom. The summed E-state index contributed by atoms with van der Waals surface area (Å²) < 4.78 is 19.5. The van der Waals surface area contributed by atoms with Crippen LogP contribution in [0.2, 0.25) is 0 Å². The molecule has 5 atom stereocenters. The van der Waals surface area contributed by atoms with Crippen LogP contribution in [0.25, 0.3) is 0 Å². The van der Waals surface area contributed by atoms with Gasteiger partial charge in [0.05, 0.1) is 0 Å². The van der Waals surface area contributed by atoms with Gasteiger partial charge in [-0.25, -0.2) is 8.51 Å². The minimum absolute atomic E-state index is 0.0766. The molecule has 1 saturated carbocycles. The lowest BCUT2D eigenvalue weighted by molar-refractivity contribution is -0.159. The number of rotatable bonds is 5. The van der Waals surface area contributed by atoms with Gasteiger partial charge in [0.25, 0.3) is 5.12 Å². The first-order valence-electron chi connectivity index (χ1n) is 8.90. The van der Waals surface area contributed by atoms with Gasteiger partial charge in [-0.2, -0.15) is 0 Å². The predicted molar refractivity (Wildman–Crippen MR) is 94.3 cm³/mol. The molecular weight excluding hydrogens is 326 g/mol. The molecule has 2 aliphatic rings. The molecule has 2 fully saturated rings. The predicted octanol–water partition coefficient (Wildman–Crippen LogP) is 2.83. The minimum atomic E-state index is -1.85. The highest BCUT2D eigenvalue weighted by molar-refractivity contribution is 7.98. The molecule has 0 N–H and O–H groups in total. The summed E-state index contributed by atoms with van der Waals surface area (Å²) in [6, 6.07) is -0.584. The SMILES string of the molecule is C=CC(=O)[S@@](=O)N1CCCC1C(=O)O[C@@H]1CC(C)CCC1C(C)C. The average molecular weight is 356 g/mol. The molecule has 0 aromatic carbocycles. The number of hydrogen-bond donors (Lipinski definition) is 0. The molecule has 1 heterocycles. The highest BCUT2D eigenvalue weighted by Gasteiger charge is 2.40. The van der Waals surface area contributed by atoms with Crippen molar-refractivity contribution in [1.82, 2.24) is 4.31 Å². The third kappa shape index (κ3) is 4.33. The Bertz CT molecular complexity index is 519. The Labute approximate surface area is 147 Å². The number of esters is 1. The maximum Gasteiger partial charge on any atom is 0.324 e. The largest absolute Gasteiger partial charge is 0.461 e. The van der Waals surface area contributed by atoms with Crippen LogP contribution in [0.15, 0.2) is 12.7 Å². The van der Waals surface area contributed by atoms with Crippen LogP contribution >= 0.6 is 0 Å². The van der Waals surface area contributed by atoms with E-state index < -0.39 is 22.1 Å². The molecule has 2 rings (SSSR count). The number of carbonyl (C=O) groups excluding carboxylic acids is 2. The molecule has 1 aliphatic carbocycles. The van der Waals surface area contributed by atoms with Crippen LogP contribution in [0.4, 0.5) is 0 Å². The highest BCUT2D eigenvalue weighted by Crippen LogP contribution is 2.36. The fourth-order valence-electron chi connectivity index (χ4n) is 3.84. The van der Waals surface area contributed by atoms with Gasteiger partial charge in [-0.1, -0.05) is 33.8 Å². The molecule has 0 spiro atoms. The summed E-state index contributed by atoms with van der Waals surface area (Å²) in [5, 5.41) is -0.555. The number of ether oxygens (including phenoxy) is 1. The van der Waals surface area contributed by atoms with Gasteiger partial charge in [-0.3, -0.25) is 9.59 Å². The molecule has 0 aromatic rings. The molecule has 0 amide bonds. The molecule has 0 aromatic heterocycles. The fourth-order valence-corrected chi connectivity index (χ4v) is 4.93. The molecule has 24 heavy (non-hydrogen) atoms. The molecular formula is C18H29NO4S. The quantitative estimate of drug-likeness (QED) is 0.562. The standard InChI is InChI=1S/C18H29NO4S/c1-5-17(20)24(22)19-10-6-7-15(19)18(21)23-16-11-13(4)8-9-14(16)12(2)3/h5,12-16H,1,6-11H2,2-4H3/t13?,14?,15?,16-,24-/m1/s1. The zero-order valence-electron chi connectivity index (χ0n) is 14.9. The molecule has 0 radical (unpaired) electrons. The third-order valence-electron chi connectivity index (χ3n) is 5.26. The first kappa shape index (κ1) is 19.3. The van der Waals surface area contributed by atoms with Crippen LogP contribution < -0.4 is 0 Å². The summed E-state index contributed by atoms with van der Waals surface area (Å²) in [7, 11) is -1.85. The van der Waals surface area contributed by atoms with Gasteiger partial charge in [0.1, 0.15) is 12.1 Å². The summed E-state index contributed by atoms with van der Waals surface area (Å²) in [6.07, 6.45) is 5.43. The van der Waals surface area contributed by atoms with Crippen LogP contribution in [0.1, 0.15) is 52.9 Å². The van der Waals surface area contributed by atoms with Crippen LogP contribution in [-0.2, 0) is 25.3 Å². The first-order chi connectivity index (χ1) is 11.3. The van der Waals surface area contributed by atoms with E-state index >= 15 is 0 Å². The number of carbonyl (C=O) groups is 2. The lowest BCUT2D eigenvalue weighted by atomic mass is 9.75. The first-order valence-corrected chi connectivity index (χ1v) is 10.0. The summed E-state index contributed by atoms with van der Waals surface area (Å²) in [6.45, 7) is 10.4. The van der Waals surface area contributed by atoms with E-state index in [0.717, 1.165) is 25.3 Å². The lowest BCUT2D eigenvalue weighted by Crippen LogP contribution is -2.44. The molecule has 0 bridgehead atoms. The monoisotopic (exact) mass is 355 g/mol. The van der Waals surface area contributed by atoms with Crippen LogP contribution in [-0.4, -0.2) is 38.3 Å². The zero-order chi connectivity index (χ0) is 17.9. The lowest BCUT2D eigenvalue weighted by Gasteiger charge is -2.37. The Hall–Kier alpha value is -1.01. The summed E-state index contributed by atoms with van der Waals surface area (Å²) in [4.78, 5) is 24.3. The van der Waals surface area contributed by atoms with Gasteiger partial charge < -0.3 is 4.74 Å². The average Bonchev–Trinajstić information content (AvgIpc) is 3.02. The maximum absolute atomic E-state index is 12.7. The van der Waals surface area contributed by atoms with Crippen molar-refractivity contribution in [3.8, 4) is 0 Å². The molecule has 136 valence electrons. The second-order valence-electron chi connectivity index (χ2n) is 7.37. The van der Waals surface area contributed by atoms with Gasteiger partial charge >= 0.3 is 5.97 Å². The molecule has 5 nitrogen and oxygen atoms in total. The van der Waals surface area contributed by atoms with E-state index in [-0.39, 0.29) is 12.1 Å². The smallest absolute Gasteiger partial charge is 0.324 e. The van der Waals surface area contributed by atoms with Gasteiger partial charge in [0.15, 0.2) is 11.0 Å². The van der Waals surface area contributed by atoms with Gasteiger partial charge in [-0.05, 0) is 49.5 Å². The van der Waals surface area contributed by atoms with E-state index in [2.05, 4.69) is 27.4 Å². The second-order valence-corrected chi connectivity index (χ2v) is 8.74. The Balaban J connectivity index is 2.05. The molecule has 1 saturated heterocycles. The Morgan fingerprint density at radius 1 is 1.29 bits per heavy atom. The maximum atomic E-state index is 12.7. The van der Waals surface area contributed by atoms with E-state index in [1.807, 2.05) is 0 Å². The van der Waals surface area contributed by atoms with E-state index in [4.69, 9.17) is 4.74 Å². The second kappa shape index (κ2) is 8.39. The molecule has 6 heteroatoms. The molecule has 1 aliphatic heterocycles. The third-order valence-corrected chi connectivity index (χ3v) is 6.63. The highest BCUT2D eigenvalue weighted by atomic mass is 32.2. The van der Waals surface area contributed by atoms with E-state index in [9.17, 15) is 13.8 Å². The van der Waals surface area contributed by atoms with Crippen LogP contribution in [0.5, 0.6) is 0 Å². The van der Waals surface area contributed by atoms with Crippen molar-refractivity contribution in [3.05, 3.63) is 12.7 Å². The fraction of sp³-hybridized carbons (Fsp3) is 0.778. The van der Waals surface area contributed by atoms with Gasteiger partial charge in [0.2, 0.25) is 0 Å². The van der Waals surface area contributed by atoms with Gasteiger partial charge in [-0.15, -0.1) is 0 Å². The van der Waals surface area contributed by atoms with Crippen molar-refractivity contribution in [1.29, 1.82) is 0 Å². The summed E-state index contributed by atoms with van der Waals surface area (Å²) in [5.41, 5.74) is 0.